The van der Waals surface area contributed by atoms with Crippen LogP contribution in [-0.2, 0) is 9.63 Å². The fourth-order valence-electron chi connectivity index (χ4n) is 5.71. The normalized spacial score (nSPS) is 25.3. The maximum Gasteiger partial charge on any atom is 0.373 e. The van der Waals surface area contributed by atoms with Gasteiger partial charge in [0, 0.05) is 17.2 Å². The maximum absolute atomic E-state index is 13.7. The number of halogens is 2. The van der Waals surface area contributed by atoms with Crippen molar-refractivity contribution in [3.8, 4) is 0 Å². The molecule has 2 saturated carbocycles. The summed E-state index contributed by atoms with van der Waals surface area (Å²) in [4.78, 5) is 44.0. The average molecular weight is 527 g/mol. The predicted molar refractivity (Wildman–Crippen MR) is 139 cm³/mol. The van der Waals surface area contributed by atoms with Crippen molar-refractivity contribution >= 4 is 57.4 Å². The minimum Gasteiger partial charge on any atom is -0.422 e. The molecule has 186 valence electrons. The van der Waals surface area contributed by atoms with E-state index in [1.807, 2.05) is 20.8 Å². The van der Waals surface area contributed by atoms with Crippen LogP contribution in [0.2, 0.25) is 10.0 Å². The molecule has 5 rings (SSSR count). The molecule has 2 fully saturated rings. The fraction of sp³-hybridized carbons (Fsp3) is 0.333. The highest BCUT2D eigenvalue weighted by atomic mass is 35.5. The van der Waals surface area contributed by atoms with E-state index in [4.69, 9.17) is 32.5 Å². The Labute approximate surface area is 217 Å². The van der Waals surface area contributed by atoms with E-state index in [9.17, 15) is 14.4 Å². The molecule has 2 aliphatic carbocycles. The number of benzene rings is 2. The molecule has 3 aromatic rings. The van der Waals surface area contributed by atoms with Gasteiger partial charge in [-0.1, -0.05) is 73.4 Å². The lowest BCUT2D eigenvalue weighted by Crippen LogP contribution is -2.43. The minimum absolute atomic E-state index is 0.188. The first kappa shape index (κ1) is 24.5. The van der Waals surface area contributed by atoms with E-state index in [-0.39, 0.29) is 16.5 Å². The van der Waals surface area contributed by atoms with Crippen LogP contribution in [0.15, 0.2) is 62.9 Å². The lowest BCUT2D eigenvalue weighted by atomic mass is 9.64. The number of oxime groups is 1. The molecule has 0 aliphatic heterocycles. The Balaban J connectivity index is 1.43. The summed E-state index contributed by atoms with van der Waals surface area (Å²) in [5.41, 5.74) is -1.40. The zero-order valence-corrected chi connectivity index (χ0v) is 21.5. The summed E-state index contributed by atoms with van der Waals surface area (Å²) in [5.74, 6) is -1.09. The summed E-state index contributed by atoms with van der Waals surface area (Å²) >= 11 is 12.4. The van der Waals surface area contributed by atoms with Crippen molar-refractivity contribution in [3.63, 3.8) is 0 Å². The average Bonchev–Trinajstić information content (AvgIpc) is 3.15. The number of rotatable bonds is 4. The smallest absolute Gasteiger partial charge is 0.373 e. The number of para-hydroxylation sites is 1. The Morgan fingerprint density at radius 3 is 2.58 bits per heavy atom. The van der Waals surface area contributed by atoms with E-state index in [1.165, 1.54) is 6.07 Å². The third kappa shape index (κ3) is 3.48. The van der Waals surface area contributed by atoms with Crippen LogP contribution in [0.5, 0.6) is 0 Å². The number of carbonyl (C=O) groups is 2. The Hall–Kier alpha value is -3.16. The largest absolute Gasteiger partial charge is 0.422 e. The third-order valence-electron chi connectivity index (χ3n) is 8.47. The standard InChI is InChI=1S/C27H24Cl2N2O5/c1-25(2)26(3)11-12-27(25,24(34)30-18-9-6-8-17(28)21(18)29)14-20(26)31-36-23(33)16-13-15-7-4-5-10-19(15)35-22(16)32/h4-10,13H,11-12,14H2,1-3H3,(H,30,34). The number of nitrogens with zero attached hydrogens (tertiary/aromatic N) is 1. The van der Waals surface area contributed by atoms with Crippen LogP contribution in [0, 0.1) is 16.2 Å². The number of carbonyl (C=O) groups excluding carboxylic acids is 2. The highest BCUT2D eigenvalue weighted by molar-refractivity contribution is 6.44. The van der Waals surface area contributed by atoms with Crippen molar-refractivity contribution in [3.05, 3.63) is 74.6 Å². The highest BCUT2D eigenvalue weighted by Crippen LogP contribution is 2.71. The first-order chi connectivity index (χ1) is 17.0. The molecule has 0 spiro atoms. The van der Waals surface area contributed by atoms with Gasteiger partial charge in [-0.25, -0.2) is 9.59 Å². The van der Waals surface area contributed by atoms with Gasteiger partial charge in [0.2, 0.25) is 5.91 Å². The number of hydrogen-bond acceptors (Lipinski definition) is 6. The van der Waals surface area contributed by atoms with E-state index in [0.717, 1.165) is 0 Å². The van der Waals surface area contributed by atoms with Gasteiger partial charge in [0.15, 0.2) is 0 Å². The number of amides is 1. The Morgan fingerprint density at radius 2 is 1.81 bits per heavy atom. The molecule has 2 bridgehead atoms. The molecular weight excluding hydrogens is 503 g/mol. The van der Waals surface area contributed by atoms with Crippen molar-refractivity contribution in [2.45, 2.75) is 40.0 Å². The van der Waals surface area contributed by atoms with Crippen molar-refractivity contribution in [2.75, 3.05) is 5.32 Å². The maximum atomic E-state index is 13.7. The van der Waals surface area contributed by atoms with Crippen molar-refractivity contribution in [1.82, 2.24) is 0 Å². The number of anilines is 1. The first-order valence-corrected chi connectivity index (χ1v) is 12.3. The van der Waals surface area contributed by atoms with Crippen LogP contribution in [0.1, 0.15) is 50.4 Å². The Morgan fingerprint density at radius 1 is 1.06 bits per heavy atom. The van der Waals surface area contributed by atoms with Crippen LogP contribution in [0.3, 0.4) is 0 Å². The van der Waals surface area contributed by atoms with Crippen LogP contribution >= 0.6 is 23.2 Å². The second kappa shape index (κ2) is 8.46. The van der Waals surface area contributed by atoms with Gasteiger partial charge in [0.25, 0.3) is 0 Å². The van der Waals surface area contributed by atoms with Gasteiger partial charge in [-0.2, -0.15) is 0 Å². The van der Waals surface area contributed by atoms with E-state index in [1.54, 1.807) is 42.5 Å². The van der Waals surface area contributed by atoms with Crippen molar-refractivity contribution in [2.24, 2.45) is 21.4 Å². The SMILES string of the molecule is CC12CCC(C(=O)Nc3cccc(Cl)c3Cl)(CC1=NOC(=O)c1cc3ccccc3oc1=O)C2(C)C. The van der Waals surface area contributed by atoms with Gasteiger partial charge >= 0.3 is 11.6 Å². The molecule has 7 nitrogen and oxygen atoms in total. The summed E-state index contributed by atoms with van der Waals surface area (Å²) < 4.78 is 5.23. The monoisotopic (exact) mass is 526 g/mol. The molecule has 2 unspecified atom stereocenters. The van der Waals surface area contributed by atoms with Crippen molar-refractivity contribution < 1.29 is 18.8 Å². The van der Waals surface area contributed by atoms with E-state index < -0.39 is 27.8 Å². The van der Waals surface area contributed by atoms with Crippen LogP contribution < -0.4 is 10.9 Å². The zero-order chi connectivity index (χ0) is 25.9. The lowest BCUT2D eigenvalue weighted by molar-refractivity contribution is -0.130. The molecule has 1 amide bonds. The lowest BCUT2D eigenvalue weighted by Gasteiger charge is -2.39. The van der Waals surface area contributed by atoms with E-state index >= 15 is 0 Å². The van der Waals surface area contributed by atoms with Crippen LogP contribution in [-0.4, -0.2) is 17.6 Å². The number of hydrogen-bond donors (Lipinski definition) is 1. The summed E-state index contributed by atoms with van der Waals surface area (Å²) in [6.45, 7) is 6.08. The number of nitrogens with one attached hydrogen (secondary N) is 1. The molecule has 1 heterocycles. The molecule has 1 N–H and O–H groups in total. The van der Waals surface area contributed by atoms with Gasteiger partial charge in [-0.15, -0.1) is 0 Å². The molecular formula is C27H24Cl2N2O5. The Kier molecular flexibility index (Phi) is 5.76. The van der Waals surface area contributed by atoms with Gasteiger partial charge in [0.05, 0.1) is 26.9 Å². The molecule has 9 heteroatoms. The molecule has 1 aromatic heterocycles. The topological polar surface area (TPSA) is 98.0 Å². The molecule has 36 heavy (non-hydrogen) atoms. The minimum atomic E-state index is -0.907. The van der Waals surface area contributed by atoms with Gasteiger partial charge in [-0.05, 0) is 42.5 Å². The molecule has 0 radical (unpaired) electrons. The van der Waals surface area contributed by atoms with E-state index in [2.05, 4.69) is 10.5 Å². The van der Waals surface area contributed by atoms with Crippen molar-refractivity contribution in [1.29, 1.82) is 0 Å². The number of fused-ring (bicyclic) bond motifs is 3. The third-order valence-corrected chi connectivity index (χ3v) is 9.29. The zero-order valence-electron chi connectivity index (χ0n) is 20.0. The van der Waals surface area contributed by atoms with Gasteiger partial charge < -0.3 is 14.6 Å². The molecule has 2 aliphatic rings. The highest BCUT2D eigenvalue weighted by Gasteiger charge is 2.71. The van der Waals surface area contributed by atoms with Gasteiger partial charge in [-0.3, -0.25) is 4.79 Å². The summed E-state index contributed by atoms with van der Waals surface area (Å²) in [5, 5.41) is 8.37. The Bertz CT molecular complexity index is 1510. The summed E-state index contributed by atoms with van der Waals surface area (Å²) in [6.07, 6.45) is 1.63. The molecule has 0 saturated heterocycles. The van der Waals surface area contributed by atoms with Crippen LogP contribution in [0.4, 0.5) is 5.69 Å². The quantitative estimate of drug-likeness (QED) is 0.238. The fourth-order valence-corrected chi connectivity index (χ4v) is 6.06. The second-order valence-corrected chi connectivity index (χ2v) is 11.0. The molecule has 2 aromatic carbocycles. The summed E-state index contributed by atoms with van der Waals surface area (Å²) in [7, 11) is 0. The van der Waals surface area contributed by atoms with Crippen LogP contribution in [0.25, 0.3) is 11.0 Å². The second-order valence-electron chi connectivity index (χ2n) is 10.2. The summed E-state index contributed by atoms with van der Waals surface area (Å²) in [6, 6.07) is 13.4. The first-order valence-electron chi connectivity index (χ1n) is 11.6. The van der Waals surface area contributed by atoms with Gasteiger partial charge in [0.1, 0.15) is 11.1 Å². The van der Waals surface area contributed by atoms with E-state index in [0.29, 0.717) is 46.7 Å². The predicted octanol–water partition coefficient (Wildman–Crippen LogP) is 6.47. The molecule has 2 atom stereocenters.